The zero-order valence-electron chi connectivity index (χ0n) is 23.7. The Bertz CT molecular complexity index is 1290. The highest BCUT2D eigenvalue weighted by Gasteiger charge is 2.24. The second-order valence-electron chi connectivity index (χ2n) is 10.5. The van der Waals surface area contributed by atoms with Gasteiger partial charge in [0.25, 0.3) is 0 Å². The third-order valence-corrected chi connectivity index (χ3v) is 7.78. The van der Waals surface area contributed by atoms with E-state index in [1.54, 1.807) is 30.8 Å². The summed E-state index contributed by atoms with van der Waals surface area (Å²) in [6, 6.07) is 12.3. The van der Waals surface area contributed by atoms with Gasteiger partial charge in [-0.1, -0.05) is 19.1 Å². The first-order valence-electron chi connectivity index (χ1n) is 13.9. The van der Waals surface area contributed by atoms with Crippen LogP contribution in [0, 0.1) is 5.82 Å². The summed E-state index contributed by atoms with van der Waals surface area (Å²) in [6.07, 6.45) is 3.50. The SMILES string of the molecule is CCc1cc(NC(=O)NCC(CCN2CCC(N(C)C(C)=O)CC2)c2ccc(F)cc2)cc(-c2nnnn2C)c1. The second kappa shape index (κ2) is 13.5. The number of benzene rings is 2. The molecular formula is C29H39FN8O2. The van der Waals surface area contributed by atoms with Crippen LogP contribution < -0.4 is 10.6 Å². The van der Waals surface area contributed by atoms with Crippen LogP contribution in [0.3, 0.4) is 0 Å². The maximum Gasteiger partial charge on any atom is 0.319 e. The monoisotopic (exact) mass is 550 g/mol. The number of rotatable bonds is 10. The van der Waals surface area contributed by atoms with Gasteiger partial charge in [0.2, 0.25) is 5.91 Å². The van der Waals surface area contributed by atoms with Crippen molar-refractivity contribution >= 4 is 17.6 Å². The van der Waals surface area contributed by atoms with Crippen molar-refractivity contribution in [3.8, 4) is 11.4 Å². The van der Waals surface area contributed by atoms with Crippen LogP contribution >= 0.6 is 0 Å². The van der Waals surface area contributed by atoms with E-state index < -0.39 is 0 Å². The zero-order valence-corrected chi connectivity index (χ0v) is 23.7. The number of tetrazole rings is 1. The lowest BCUT2D eigenvalue weighted by molar-refractivity contribution is -0.130. The minimum Gasteiger partial charge on any atom is -0.343 e. The number of carbonyl (C=O) groups is 2. The Morgan fingerprint density at radius 1 is 1.15 bits per heavy atom. The third-order valence-electron chi connectivity index (χ3n) is 7.78. The number of nitrogens with one attached hydrogen (secondary N) is 2. The minimum atomic E-state index is -0.310. The Hall–Kier alpha value is -3.86. The molecule has 1 unspecified atom stereocenters. The van der Waals surface area contributed by atoms with Crippen LogP contribution in [0.2, 0.25) is 0 Å². The van der Waals surface area contributed by atoms with Crippen LogP contribution in [0.4, 0.5) is 14.9 Å². The highest BCUT2D eigenvalue weighted by molar-refractivity contribution is 5.90. The van der Waals surface area contributed by atoms with E-state index in [2.05, 4.69) is 38.0 Å². The minimum absolute atomic E-state index is 0.0196. The average molecular weight is 551 g/mol. The molecule has 0 radical (unpaired) electrons. The first-order chi connectivity index (χ1) is 19.2. The number of anilines is 1. The third kappa shape index (κ3) is 7.62. The van der Waals surface area contributed by atoms with Crippen molar-refractivity contribution in [3.63, 3.8) is 0 Å². The lowest BCUT2D eigenvalue weighted by Crippen LogP contribution is -2.45. The molecule has 0 saturated carbocycles. The number of urea groups is 1. The molecule has 1 atom stereocenters. The van der Waals surface area contributed by atoms with Crippen molar-refractivity contribution < 1.29 is 14.0 Å². The molecule has 214 valence electrons. The second-order valence-corrected chi connectivity index (χ2v) is 10.5. The van der Waals surface area contributed by atoms with Crippen molar-refractivity contribution in [3.05, 3.63) is 59.4 Å². The van der Waals surface area contributed by atoms with Crippen molar-refractivity contribution in [2.75, 3.05) is 38.5 Å². The topological polar surface area (TPSA) is 108 Å². The molecule has 1 saturated heterocycles. The van der Waals surface area contributed by atoms with Gasteiger partial charge < -0.3 is 20.4 Å². The normalized spacial score (nSPS) is 15.0. The summed E-state index contributed by atoms with van der Waals surface area (Å²) in [5.74, 6) is 0.454. The fraction of sp³-hybridized carbons (Fsp3) is 0.483. The standard InChI is InChI=1S/C29H39FN8O2/c1-5-21-16-24(28-33-34-35-37(28)4)18-26(17-21)32-29(40)31-19-23(22-6-8-25(30)9-7-22)10-13-38-14-11-27(12-15-38)36(3)20(2)39/h6-9,16-18,23,27H,5,10-15,19H2,1-4H3,(H2,31,32,40). The average Bonchev–Trinajstić information content (AvgIpc) is 3.39. The lowest BCUT2D eigenvalue weighted by atomic mass is 9.94. The quantitative estimate of drug-likeness (QED) is 0.397. The molecule has 1 aromatic heterocycles. The number of carbonyl (C=O) groups excluding carboxylic acids is 2. The fourth-order valence-corrected chi connectivity index (χ4v) is 5.21. The van der Waals surface area contributed by atoms with Gasteiger partial charge in [-0.25, -0.2) is 13.9 Å². The van der Waals surface area contributed by atoms with E-state index in [9.17, 15) is 14.0 Å². The fourth-order valence-electron chi connectivity index (χ4n) is 5.21. The predicted octanol–water partition coefficient (Wildman–Crippen LogP) is 3.82. The van der Waals surface area contributed by atoms with Crippen molar-refractivity contribution in [1.29, 1.82) is 0 Å². The molecule has 1 aliphatic heterocycles. The molecule has 40 heavy (non-hydrogen) atoms. The molecule has 2 N–H and O–H groups in total. The highest BCUT2D eigenvalue weighted by atomic mass is 19.1. The number of halogens is 1. The van der Waals surface area contributed by atoms with Crippen LogP contribution in [0.5, 0.6) is 0 Å². The Morgan fingerprint density at radius 3 is 2.50 bits per heavy atom. The summed E-state index contributed by atoms with van der Waals surface area (Å²) in [5, 5.41) is 17.7. The number of nitrogens with zero attached hydrogens (tertiary/aromatic N) is 6. The first-order valence-corrected chi connectivity index (χ1v) is 13.9. The van der Waals surface area contributed by atoms with Crippen LogP contribution in [-0.4, -0.2) is 81.2 Å². The Morgan fingerprint density at radius 2 is 1.88 bits per heavy atom. The predicted molar refractivity (Wildman–Crippen MR) is 152 cm³/mol. The van der Waals surface area contributed by atoms with E-state index in [0.29, 0.717) is 18.1 Å². The molecule has 0 spiro atoms. The molecule has 11 heteroatoms. The molecule has 3 amide bonds. The van der Waals surface area contributed by atoms with E-state index >= 15 is 0 Å². The molecule has 3 aromatic rings. The van der Waals surface area contributed by atoms with Gasteiger partial charge in [0.05, 0.1) is 0 Å². The zero-order chi connectivity index (χ0) is 28.6. The maximum atomic E-state index is 13.6. The number of hydrogen-bond acceptors (Lipinski definition) is 6. The van der Waals surface area contributed by atoms with Gasteiger partial charge in [0.1, 0.15) is 5.82 Å². The summed E-state index contributed by atoms with van der Waals surface area (Å²) in [6.45, 7) is 6.77. The van der Waals surface area contributed by atoms with Crippen LogP contribution in [0.15, 0.2) is 42.5 Å². The van der Waals surface area contributed by atoms with Crippen LogP contribution in [0.1, 0.15) is 50.2 Å². The summed E-state index contributed by atoms with van der Waals surface area (Å²) >= 11 is 0. The number of aryl methyl sites for hydroxylation is 2. The molecule has 2 aromatic carbocycles. The number of hydrogen-bond donors (Lipinski definition) is 2. The molecule has 10 nitrogen and oxygen atoms in total. The van der Waals surface area contributed by atoms with Gasteiger partial charge in [-0.2, -0.15) is 0 Å². The van der Waals surface area contributed by atoms with Crippen molar-refractivity contribution in [2.24, 2.45) is 7.05 Å². The molecule has 4 rings (SSSR count). The number of aromatic nitrogens is 4. The number of amides is 3. The smallest absolute Gasteiger partial charge is 0.319 e. The maximum absolute atomic E-state index is 13.6. The summed E-state index contributed by atoms with van der Waals surface area (Å²) in [7, 11) is 3.65. The summed E-state index contributed by atoms with van der Waals surface area (Å²) in [4.78, 5) is 28.9. The van der Waals surface area contributed by atoms with Gasteiger partial charge in [-0.15, -0.1) is 5.10 Å². The van der Waals surface area contributed by atoms with Crippen LogP contribution in [0.25, 0.3) is 11.4 Å². The molecule has 0 aliphatic carbocycles. The summed E-state index contributed by atoms with van der Waals surface area (Å²) in [5.41, 5.74) is 3.52. The van der Waals surface area contributed by atoms with E-state index in [1.165, 1.54) is 12.1 Å². The van der Waals surface area contributed by atoms with Gasteiger partial charge in [-0.3, -0.25) is 4.79 Å². The lowest BCUT2D eigenvalue weighted by Gasteiger charge is -2.37. The molecule has 0 bridgehead atoms. The van der Waals surface area contributed by atoms with Gasteiger partial charge in [-0.05, 0) is 84.1 Å². The largest absolute Gasteiger partial charge is 0.343 e. The summed E-state index contributed by atoms with van der Waals surface area (Å²) < 4.78 is 15.2. The number of piperidine rings is 1. The van der Waals surface area contributed by atoms with Crippen molar-refractivity contribution in [2.45, 2.75) is 51.5 Å². The van der Waals surface area contributed by atoms with E-state index in [1.807, 2.05) is 30.1 Å². The van der Waals surface area contributed by atoms with E-state index in [-0.39, 0.29) is 29.7 Å². The van der Waals surface area contributed by atoms with Crippen molar-refractivity contribution in [1.82, 2.24) is 35.3 Å². The van der Waals surface area contributed by atoms with E-state index in [0.717, 1.165) is 62.0 Å². The Balaban J connectivity index is 1.37. The molecule has 2 heterocycles. The first kappa shape index (κ1) is 29.1. The van der Waals surface area contributed by atoms with Gasteiger partial charge >= 0.3 is 6.03 Å². The van der Waals surface area contributed by atoms with E-state index in [4.69, 9.17) is 0 Å². The molecule has 1 fully saturated rings. The highest BCUT2D eigenvalue weighted by Crippen LogP contribution is 2.24. The van der Waals surface area contributed by atoms with Crippen LogP contribution in [-0.2, 0) is 18.3 Å². The number of likely N-dealkylation sites (tertiary alicyclic amines) is 1. The van der Waals surface area contributed by atoms with Gasteiger partial charge in [0, 0.05) is 63.9 Å². The Labute approximate surface area is 234 Å². The molecule has 1 aliphatic rings. The van der Waals surface area contributed by atoms with Gasteiger partial charge in [0.15, 0.2) is 5.82 Å². The molecular weight excluding hydrogens is 511 g/mol. The Kier molecular flexibility index (Phi) is 9.81.